The van der Waals surface area contributed by atoms with Crippen LogP contribution in [-0.2, 0) is 34.9 Å². The molecular weight excluding hydrogens is 648 g/mol. The first-order valence-electron chi connectivity index (χ1n) is 14.2. The topological polar surface area (TPSA) is 211 Å². The smallest absolute Gasteiger partial charge is 0.312 e. The van der Waals surface area contributed by atoms with Gasteiger partial charge in [0.15, 0.2) is 10.9 Å². The summed E-state index contributed by atoms with van der Waals surface area (Å²) in [6.07, 6.45) is 7.02. The third-order valence-corrected chi connectivity index (χ3v) is 8.96. The Morgan fingerprint density at radius 3 is 2.13 bits per heavy atom. The fraction of sp³-hybridized carbons (Fsp3) is 0.233. The Morgan fingerprint density at radius 1 is 0.979 bits per heavy atom. The first-order chi connectivity index (χ1) is 22.3. The molecule has 3 heterocycles. The van der Waals surface area contributed by atoms with Crippen LogP contribution in [0.1, 0.15) is 26.5 Å². The summed E-state index contributed by atoms with van der Waals surface area (Å²) in [5.41, 5.74) is 10.8. The van der Waals surface area contributed by atoms with Gasteiger partial charge in [-0.2, -0.15) is 10.0 Å². The second-order valence-corrected chi connectivity index (χ2v) is 12.6. The molecule has 0 radical (unpaired) electrons. The number of carbonyl (C=O) groups is 4. The SMILES string of the molecule is Cn1cc(NC(=O)c2cc(NC(=O)C3=CC(c4ccc([S+]([O-])CCCl)cc4)=C[N+]3(C)NC=O)cn2C)cc1C(=O)NCCNC(=N)N. The van der Waals surface area contributed by atoms with Gasteiger partial charge in [-0.1, -0.05) is 0 Å². The molecule has 4 rings (SSSR count). The number of anilines is 2. The highest BCUT2D eigenvalue weighted by atomic mass is 35.5. The summed E-state index contributed by atoms with van der Waals surface area (Å²) in [5.74, 6) is -0.936. The van der Waals surface area contributed by atoms with E-state index in [2.05, 4.69) is 26.7 Å². The average Bonchev–Trinajstić information content (AvgIpc) is 3.69. The van der Waals surface area contributed by atoms with Crippen LogP contribution < -0.4 is 32.4 Å². The average molecular weight is 684 g/mol. The maximum Gasteiger partial charge on any atom is 0.312 e. The lowest BCUT2D eigenvalue weighted by Crippen LogP contribution is -2.50. The second kappa shape index (κ2) is 15.0. The molecule has 248 valence electrons. The number of quaternary nitrogens is 1. The first-order valence-corrected chi connectivity index (χ1v) is 16.1. The van der Waals surface area contributed by atoms with Crippen LogP contribution in [-0.4, -0.2) is 80.1 Å². The number of aromatic nitrogens is 2. The van der Waals surface area contributed by atoms with Crippen LogP contribution in [0.2, 0.25) is 0 Å². The molecule has 2 unspecified atom stereocenters. The molecule has 0 saturated heterocycles. The normalized spacial score (nSPS) is 16.0. The maximum atomic E-state index is 13.5. The van der Waals surface area contributed by atoms with Gasteiger partial charge in [-0.05, 0) is 53.1 Å². The Labute approximate surface area is 279 Å². The fourth-order valence-electron chi connectivity index (χ4n) is 4.88. The van der Waals surface area contributed by atoms with Gasteiger partial charge in [0.05, 0.1) is 17.3 Å². The molecule has 1 aliphatic rings. The van der Waals surface area contributed by atoms with E-state index >= 15 is 0 Å². The number of likely N-dealkylation sites (N-methyl/N-ethyl adjacent to an activating group) is 1. The van der Waals surface area contributed by atoms with Crippen molar-refractivity contribution in [1.29, 1.82) is 5.41 Å². The van der Waals surface area contributed by atoms with Crippen molar-refractivity contribution < 1.29 is 28.3 Å². The maximum absolute atomic E-state index is 13.5. The Bertz CT molecular complexity index is 1750. The van der Waals surface area contributed by atoms with Crippen LogP contribution in [0.15, 0.2) is 71.7 Å². The van der Waals surface area contributed by atoms with Gasteiger partial charge in [0, 0.05) is 51.2 Å². The van der Waals surface area contributed by atoms with E-state index in [-0.39, 0.29) is 46.8 Å². The lowest BCUT2D eigenvalue weighted by atomic mass is 10.1. The van der Waals surface area contributed by atoms with E-state index in [4.69, 9.17) is 22.7 Å². The molecule has 3 aromatic rings. The molecule has 4 amide bonds. The highest BCUT2D eigenvalue weighted by Crippen LogP contribution is 2.32. The zero-order chi connectivity index (χ0) is 34.3. The quantitative estimate of drug-likeness (QED) is 0.0250. The minimum atomic E-state index is -1.22. The fourth-order valence-corrected chi connectivity index (χ4v) is 6.11. The molecular formula is C30H36ClN10O5S+. The summed E-state index contributed by atoms with van der Waals surface area (Å²) in [6, 6.07) is 10.1. The van der Waals surface area contributed by atoms with E-state index in [1.807, 2.05) is 0 Å². The highest BCUT2D eigenvalue weighted by Gasteiger charge is 2.38. The van der Waals surface area contributed by atoms with E-state index in [9.17, 15) is 23.7 Å². The molecule has 1 aliphatic heterocycles. The first kappa shape index (κ1) is 34.8. The monoisotopic (exact) mass is 683 g/mol. The van der Waals surface area contributed by atoms with Crippen molar-refractivity contribution in [2.75, 3.05) is 42.4 Å². The van der Waals surface area contributed by atoms with Crippen LogP contribution in [0.4, 0.5) is 11.4 Å². The molecule has 0 bridgehead atoms. The number of amides is 4. The Kier molecular flexibility index (Phi) is 11.1. The molecule has 0 fully saturated rings. The number of hydrogen-bond acceptors (Lipinski definition) is 6. The molecule has 0 spiro atoms. The molecule has 0 saturated carbocycles. The minimum Gasteiger partial charge on any atom is -0.611 e. The zero-order valence-corrected chi connectivity index (χ0v) is 27.5. The highest BCUT2D eigenvalue weighted by molar-refractivity contribution is 7.91. The number of alkyl halides is 1. The van der Waals surface area contributed by atoms with E-state index in [1.165, 1.54) is 12.1 Å². The van der Waals surface area contributed by atoms with Gasteiger partial charge in [-0.15, -0.1) is 11.6 Å². The molecule has 2 atom stereocenters. The molecule has 47 heavy (non-hydrogen) atoms. The van der Waals surface area contributed by atoms with Gasteiger partial charge in [0.2, 0.25) is 5.70 Å². The van der Waals surface area contributed by atoms with E-state index in [0.717, 1.165) is 5.56 Å². The number of aryl methyl sites for hydroxylation is 2. The Morgan fingerprint density at radius 2 is 1.55 bits per heavy atom. The van der Waals surface area contributed by atoms with Crippen LogP contribution in [0, 0.1) is 5.41 Å². The summed E-state index contributed by atoms with van der Waals surface area (Å²) in [7, 11) is 4.95. The van der Waals surface area contributed by atoms with Gasteiger partial charge >= 0.3 is 5.91 Å². The third-order valence-electron chi connectivity index (χ3n) is 7.17. The molecule has 15 nitrogen and oxygen atoms in total. The van der Waals surface area contributed by atoms with Crippen molar-refractivity contribution in [2.24, 2.45) is 19.8 Å². The molecule has 17 heteroatoms. The Hall–Kier alpha value is -5.03. The molecule has 8 N–H and O–H groups in total. The van der Waals surface area contributed by atoms with Crippen molar-refractivity contribution >= 4 is 69.8 Å². The van der Waals surface area contributed by atoms with Crippen molar-refractivity contribution in [1.82, 2.24) is 25.2 Å². The second-order valence-electron chi connectivity index (χ2n) is 10.7. The number of rotatable bonds is 14. The van der Waals surface area contributed by atoms with E-state index in [1.54, 1.807) is 79.2 Å². The van der Waals surface area contributed by atoms with Crippen molar-refractivity contribution in [3.05, 3.63) is 83.7 Å². The largest absolute Gasteiger partial charge is 0.611 e. The predicted molar refractivity (Wildman–Crippen MR) is 180 cm³/mol. The summed E-state index contributed by atoms with van der Waals surface area (Å²) < 4.78 is 15.1. The molecule has 2 aromatic heterocycles. The summed E-state index contributed by atoms with van der Waals surface area (Å²) in [6.45, 7) is 0.530. The van der Waals surface area contributed by atoms with Crippen LogP contribution >= 0.6 is 11.6 Å². The number of nitrogens with two attached hydrogens (primary N) is 1. The van der Waals surface area contributed by atoms with Gasteiger partial charge in [-0.3, -0.25) is 24.6 Å². The predicted octanol–water partition coefficient (Wildman–Crippen LogP) is 1.16. The molecule has 1 aromatic carbocycles. The summed E-state index contributed by atoms with van der Waals surface area (Å²) in [4.78, 5) is 51.3. The number of guanidine groups is 1. The number of nitrogens with zero attached hydrogens (tertiary/aromatic N) is 3. The van der Waals surface area contributed by atoms with Gasteiger partial charge < -0.3 is 40.7 Å². The lowest BCUT2D eigenvalue weighted by Gasteiger charge is -2.25. The number of carbonyl (C=O) groups excluding carboxylic acids is 4. The number of benzene rings is 1. The standard InChI is InChI=1S/C30H35ClN10O5S/c1-39-15-21(13-24(39)27(43)34-9-10-35-30(32)33)37-28(44)25-14-22(16-40(25)2)38-29(45)26-12-20(17-41(26,3)36-18-42)19-4-6-23(7-5-19)47(46)11-8-31/h4-7,12-18H,8-11H2,1-3H3,(H7-,32,33,34,35,36,37,38,42,43,44,45)/p+1. The van der Waals surface area contributed by atoms with Crippen LogP contribution in [0.5, 0.6) is 0 Å². The van der Waals surface area contributed by atoms with Crippen LogP contribution in [0.25, 0.3) is 5.57 Å². The number of hydrogen-bond donors (Lipinski definition) is 7. The Balaban J connectivity index is 1.44. The minimum absolute atomic E-state index is 0.196. The van der Waals surface area contributed by atoms with Crippen LogP contribution in [0.3, 0.4) is 0 Å². The van der Waals surface area contributed by atoms with Crippen molar-refractivity contribution in [3.63, 3.8) is 0 Å². The van der Waals surface area contributed by atoms with Gasteiger partial charge in [0.1, 0.15) is 30.4 Å². The molecule has 0 aliphatic carbocycles. The van der Waals surface area contributed by atoms with Crippen molar-refractivity contribution in [2.45, 2.75) is 4.90 Å². The zero-order valence-electron chi connectivity index (χ0n) is 25.9. The van der Waals surface area contributed by atoms with Gasteiger partial charge in [-0.25, -0.2) is 0 Å². The number of halogens is 1. The summed E-state index contributed by atoms with van der Waals surface area (Å²) >= 11 is 4.49. The van der Waals surface area contributed by atoms with Crippen molar-refractivity contribution in [3.8, 4) is 0 Å². The third kappa shape index (κ3) is 8.42. The van der Waals surface area contributed by atoms with Gasteiger partial charge in [0.25, 0.3) is 18.2 Å². The number of allylic oxidation sites excluding steroid dienone is 2. The van der Waals surface area contributed by atoms with E-state index < -0.39 is 23.0 Å². The summed E-state index contributed by atoms with van der Waals surface area (Å²) in [5, 5.41) is 18.0. The lowest BCUT2D eigenvalue weighted by molar-refractivity contribution is -0.849. The van der Waals surface area contributed by atoms with E-state index in [0.29, 0.717) is 39.7 Å². The number of nitrogens with one attached hydrogen (secondary N) is 6.